The Labute approximate surface area is 192 Å². The molecule has 0 saturated carbocycles. The molecule has 3 heterocycles. The molecule has 4 aromatic rings. The highest BCUT2D eigenvalue weighted by Gasteiger charge is 2.23. The molecule has 33 heavy (non-hydrogen) atoms. The number of piperazine rings is 1. The Bertz CT molecular complexity index is 1260. The number of benzene rings is 2. The van der Waals surface area contributed by atoms with E-state index >= 15 is 0 Å². The highest BCUT2D eigenvalue weighted by atomic mass is 16.4. The number of hydrogen-bond acceptors (Lipinski definition) is 5. The molecule has 0 bridgehead atoms. The van der Waals surface area contributed by atoms with Crippen LogP contribution in [-0.4, -0.2) is 63.3 Å². The number of aryl methyl sites for hydroxylation is 1. The summed E-state index contributed by atoms with van der Waals surface area (Å²) in [6.45, 7) is 5.89. The Balaban J connectivity index is 1.57. The largest absolute Gasteiger partial charge is 0.481 e. The summed E-state index contributed by atoms with van der Waals surface area (Å²) in [5.74, 6) is 0.267. The normalized spacial score (nSPS) is 14.6. The quantitative estimate of drug-likeness (QED) is 0.488. The van der Waals surface area contributed by atoms with Crippen molar-refractivity contribution in [2.75, 3.05) is 37.6 Å². The van der Waals surface area contributed by atoms with Crippen molar-refractivity contribution < 1.29 is 9.90 Å². The maximum Gasteiger partial charge on any atom is 0.304 e. The molecule has 0 radical (unpaired) electrons. The molecule has 1 fully saturated rings. The van der Waals surface area contributed by atoms with E-state index in [-0.39, 0.29) is 6.42 Å². The van der Waals surface area contributed by atoms with Gasteiger partial charge >= 0.3 is 5.97 Å². The number of aromatic nitrogens is 3. The van der Waals surface area contributed by atoms with Gasteiger partial charge in [-0.2, -0.15) is 9.61 Å². The van der Waals surface area contributed by atoms with Crippen LogP contribution in [0.4, 0.5) is 5.82 Å². The summed E-state index contributed by atoms with van der Waals surface area (Å²) >= 11 is 0. The Hall–Kier alpha value is -3.71. The summed E-state index contributed by atoms with van der Waals surface area (Å²) in [7, 11) is 0. The molecule has 1 N–H and O–H groups in total. The van der Waals surface area contributed by atoms with E-state index in [1.54, 1.807) is 0 Å². The molecular weight excluding hydrogens is 414 g/mol. The van der Waals surface area contributed by atoms with Crippen molar-refractivity contribution in [3.63, 3.8) is 0 Å². The summed E-state index contributed by atoms with van der Waals surface area (Å²) in [6, 6.07) is 22.6. The van der Waals surface area contributed by atoms with Crippen LogP contribution in [0, 0.1) is 6.92 Å². The zero-order chi connectivity index (χ0) is 22.8. The Kier molecular flexibility index (Phi) is 5.79. The molecule has 0 atom stereocenters. The van der Waals surface area contributed by atoms with Gasteiger partial charge in [0.1, 0.15) is 5.82 Å². The summed E-state index contributed by atoms with van der Waals surface area (Å²) in [5, 5.41) is 13.9. The summed E-state index contributed by atoms with van der Waals surface area (Å²) in [6.07, 6.45) is 0.177. The molecule has 7 nitrogen and oxygen atoms in total. The lowest BCUT2D eigenvalue weighted by atomic mass is 10.1. The minimum Gasteiger partial charge on any atom is -0.481 e. The first-order valence-electron chi connectivity index (χ1n) is 11.3. The van der Waals surface area contributed by atoms with E-state index in [0.717, 1.165) is 65.7 Å². The van der Waals surface area contributed by atoms with Gasteiger partial charge in [0.2, 0.25) is 0 Å². The van der Waals surface area contributed by atoms with Crippen molar-refractivity contribution in [1.29, 1.82) is 0 Å². The zero-order valence-electron chi connectivity index (χ0n) is 18.7. The number of hydrogen-bond donors (Lipinski definition) is 1. The van der Waals surface area contributed by atoms with Gasteiger partial charge in [-0.3, -0.25) is 9.69 Å². The topological polar surface area (TPSA) is 74.0 Å². The first-order chi connectivity index (χ1) is 16.1. The van der Waals surface area contributed by atoms with Gasteiger partial charge < -0.3 is 10.0 Å². The van der Waals surface area contributed by atoms with Crippen molar-refractivity contribution >= 4 is 17.4 Å². The van der Waals surface area contributed by atoms with Crippen molar-refractivity contribution in [1.82, 2.24) is 19.5 Å². The molecule has 0 unspecified atom stereocenters. The van der Waals surface area contributed by atoms with Crippen LogP contribution >= 0.6 is 0 Å². The first kappa shape index (κ1) is 21.2. The highest BCUT2D eigenvalue weighted by molar-refractivity contribution is 5.82. The Morgan fingerprint density at radius 1 is 0.939 bits per heavy atom. The number of carboxylic acids is 1. The van der Waals surface area contributed by atoms with Crippen molar-refractivity contribution in [3.8, 4) is 22.4 Å². The van der Waals surface area contributed by atoms with Crippen LogP contribution in [0.5, 0.6) is 0 Å². The summed E-state index contributed by atoms with van der Waals surface area (Å²) < 4.78 is 1.97. The number of carbonyl (C=O) groups is 1. The smallest absolute Gasteiger partial charge is 0.304 e. The predicted molar refractivity (Wildman–Crippen MR) is 130 cm³/mol. The fourth-order valence-electron chi connectivity index (χ4n) is 4.49. The molecule has 168 valence electrons. The fourth-order valence-corrected chi connectivity index (χ4v) is 4.49. The minimum absolute atomic E-state index is 0.177. The third-order valence-corrected chi connectivity index (χ3v) is 6.22. The van der Waals surface area contributed by atoms with Crippen LogP contribution in [0.2, 0.25) is 0 Å². The van der Waals surface area contributed by atoms with Gasteiger partial charge in [0.05, 0.1) is 17.8 Å². The monoisotopic (exact) mass is 441 g/mol. The van der Waals surface area contributed by atoms with Crippen LogP contribution in [0.15, 0.2) is 66.7 Å². The second kappa shape index (κ2) is 9.03. The standard InChI is InChI=1S/C26H27N5O2/c1-19-25(21-10-6-3-7-11-21)26-27-22(20-8-4-2-5-9-20)18-23(31(26)28-19)30-16-14-29(15-17-30)13-12-24(32)33/h2-11,18H,12-17H2,1H3,(H,32,33). The number of fused-ring (bicyclic) bond motifs is 1. The summed E-state index contributed by atoms with van der Waals surface area (Å²) in [5.41, 5.74) is 5.94. The van der Waals surface area contributed by atoms with E-state index in [4.69, 9.17) is 15.2 Å². The molecule has 2 aromatic heterocycles. The van der Waals surface area contributed by atoms with Gasteiger partial charge in [-0.05, 0) is 12.5 Å². The second-order valence-electron chi connectivity index (χ2n) is 8.40. The van der Waals surface area contributed by atoms with Gasteiger partial charge in [0.15, 0.2) is 5.65 Å². The van der Waals surface area contributed by atoms with Crippen LogP contribution in [0.25, 0.3) is 28.0 Å². The van der Waals surface area contributed by atoms with Gasteiger partial charge in [-0.15, -0.1) is 0 Å². The maximum atomic E-state index is 10.9. The maximum absolute atomic E-state index is 10.9. The number of carboxylic acid groups (broad SMARTS) is 1. The third kappa shape index (κ3) is 4.32. The van der Waals surface area contributed by atoms with Gasteiger partial charge in [0, 0.05) is 49.9 Å². The molecule has 7 heteroatoms. The van der Waals surface area contributed by atoms with E-state index < -0.39 is 5.97 Å². The van der Waals surface area contributed by atoms with E-state index in [9.17, 15) is 4.79 Å². The minimum atomic E-state index is -0.749. The number of aliphatic carboxylic acids is 1. The molecule has 1 aliphatic rings. The predicted octanol–water partition coefficient (Wildman–Crippen LogP) is 3.97. The van der Waals surface area contributed by atoms with Crippen LogP contribution < -0.4 is 4.90 Å². The molecule has 5 rings (SSSR count). The second-order valence-corrected chi connectivity index (χ2v) is 8.40. The van der Waals surface area contributed by atoms with E-state index in [0.29, 0.717) is 6.54 Å². The molecule has 2 aromatic carbocycles. The lowest BCUT2D eigenvalue weighted by molar-refractivity contribution is -0.137. The molecule has 0 spiro atoms. The lowest BCUT2D eigenvalue weighted by Crippen LogP contribution is -2.47. The highest BCUT2D eigenvalue weighted by Crippen LogP contribution is 2.32. The SMILES string of the molecule is Cc1nn2c(N3CCN(CCC(=O)O)CC3)cc(-c3ccccc3)nc2c1-c1ccccc1. The average molecular weight is 442 g/mol. The Morgan fingerprint density at radius 2 is 1.58 bits per heavy atom. The van der Waals surface area contributed by atoms with E-state index in [2.05, 4.69) is 40.1 Å². The number of rotatable bonds is 6. The third-order valence-electron chi connectivity index (χ3n) is 6.22. The Morgan fingerprint density at radius 3 is 2.21 bits per heavy atom. The number of nitrogens with zero attached hydrogens (tertiary/aromatic N) is 5. The number of anilines is 1. The van der Waals surface area contributed by atoms with Gasteiger partial charge in [-0.1, -0.05) is 60.7 Å². The summed E-state index contributed by atoms with van der Waals surface area (Å²) in [4.78, 5) is 20.5. The van der Waals surface area contributed by atoms with Gasteiger partial charge in [0.25, 0.3) is 0 Å². The molecule has 1 aliphatic heterocycles. The average Bonchev–Trinajstić information content (AvgIpc) is 3.19. The molecule has 0 aliphatic carbocycles. The van der Waals surface area contributed by atoms with Gasteiger partial charge in [-0.25, -0.2) is 4.98 Å². The molecule has 1 saturated heterocycles. The van der Waals surface area contributed by atoms with E-state index in [1.807, 2.05) is 47.8 Å². The molecule has 0 amide bonds. The molecular formula is C26H27N5O2. The fraction of sp³-hybridized carbons (Fsp3) is 0.269. The van der Waals surface area contributed by atoms with Crippen LogP contribution in [0.3, 0.4) is 0 Å². The zero-order valence-corrected chi connectivity index (χ0v) is 18.7. The first-order valence-corrected chi connectivity index (χ1v) is 11.3. The van der Waals surface area contributed by atoms with Crippen molar-refractivity contribution in [2.24, 2.45) is 0 Å². The lowest BCUT2D eigenvalue weighted by Gasteiger charge is -2.35. The van der Waals surface area contributed by atoms with Crippen molar-refractivity contribution in [2.45, 2.75) is 13.3 Å². The van der Waals surface area contributed by atoms with Crippen molar-refractivity contribution in [3.05, 3.63) is 72.4 Å². The van der Waals surface area contributed by atoms with Crippen LogP contribution in [-0.2, 0) is 4.79 Å². The van der Waals surface area contributed by atoms with E-state index in [1.165, 1.54) is 0 Å². The van der Waals surface area contributed by atoms with Crippen LogP contribution in [0.1, 0.15) is 12.1 Å².